The van der Waals surface area contributed by atoms with Gasteiger partial charge in [-0.1, -0.05) is 19.1 Å². The first kappa shape index (κ1) is 15.0. The van der Waals surface area contributed by atoms with Gasteiger partial charge in [0.25, 0.3) is 0 Å². The molecule has 1 aromatic carbocycles. The standard InChI is InChI=1S/C17H17N3O3/c1-12(2)11-23-14-7-5-13(6-8-14)20-17(15(10-21)18-19-20)16-4-3-9-22-16/h3-10,12H,11H2,1-2H3. The molecule has 0 saturated heterocycles. The van der Waals surface area contributed by atoms with E-state index in [0.717, 1.165) is 11.4 Å². The highest BCUT2D eigenvalue weighted by atomic mass is 16.5. The molecule has 2 aromatic heterocycles. The van der Waals surface area contributed by atoms with Crippen LogP contribution in [0.25, 0.3) is 17.1 Å². The summed E-state index contributed by atoms with van der Waals surface area (Å²) in [5.74, 6) is 1.79. The normalized spacial score (nSPS) is 10.9. The number of rotatable bonds is 6. The summed E-state index contributed by atoms with van der Waals surface area (Å²) in [6.45, 7) is 4.86. The Bertz CT molecular complexity index is 774. The summed E-state index contributed by atoms with van der Waals surface area (Å²) < 4.78 is 12.6. The number of nitrogens with zero attached hydrogens (tertiary/aromatic N) is 3. The fourth-order valence-electron chi connectivity index (χ4n) is 2.14. The first-order chi connectivity index (χ1) is 11.2. The summed E-state index contributed by atoms with van der Waals surface area (Å²) in [5.41, 5.74) is 1.54. The van der Waals surface area contributed by atoms with Crippen molar-refractivity contribution >= 4 is 6.29 Å². The summed E-state index contributed by atoms with van der Waals surface area (Å²) in [6.07, 6.45) is 2.21. The van der Waals surface area contributed by atoms with Crippen molar-refractivity contribution in [2.24, 2.45) is 5.92 Å². The molecule has 0 bridgehead atoms. The molecular formula is C17H17N3O3. The minimum atomic E-state index is 0.236. The van der Waals surface area contributed by atoms with Crippen molar-refractivity contribution in [3.8, 4) is 22.9 Å². The molecule has 0 radical (unpaired) electrons. The fourth-order valence-corrected chi connectivity index (χ4v) is 2.14. The van der Waals surface area contributed by atoms with Crippen LogP contribution in [0, 0.1) is 5.92 Å². The van der Waals surface area contributed by atoms with Crippen molar-refractivity contribution in [2.75, 3.05) is 6.61 Å². The summed E-state index contributed by atoms with van der Waals surface area (Å²) in [7, 11) is 0. The first-order valence-electron chi connectivity index (χ1n) is 7.37. The van der Waals surface area contributed by atoms with Crippen LogP contribution < -0.4 is 4.74 Å². The number of carbonyl (C=O) groups excluding carboxylic acids is 1. The number of carbonyl (C=O) groups is 1. The van der Waals surface area contributed by atoms with E-state index in [0.29, 0.717) is 30.3 Å². The van der Waals surface area contributed by atoms with Gasteiger partial charge in [-0.25, -0.2) is 4.68 Å². The number of benzene rings is 1. The fraction of sp³-hybridized carbons (Fsp3) is 0.235. The maximum absolute atomic E-state index is 11.2. The second kappa shape index (κ2) is 6.48. The van der Waals surface area contributed by atoms with E-state index in [1.165, 1.54) is 0 Å². The number of aromatic nitrogens is 3. The van der Waals surface area contributed by atoms with Crippen LogP contribution in [-0.2, 0) is 0 Å². The SMILES string of the molecule is CC(C)COc1ccc(-n2nnc(C=O)c2-c2ccco2)cc1. The third kappa shape index (κ3) is 3.15. The maximum Gasteiger partial charge on any atom is 0.172 e. The number of hydrogen-bond donors (Lipinski definition) is 0. The number of ether oxygens (including phenoxy) is 1. The average molecular weight is 311 g/mol. The van der Waals surface area contributed by atoms with Gasteiger partial charge in [0.2, 0.25) is 0 Å². The number of hydrogen-bond acceptors (Lipinski definition) is 5. The Labute approximate surface area is 133 Å². The average Bonchev–Trinajstić information content (AvgIpc) is 3.21. The lowest BCUT2D eigenvalue weighted by Gasteiger charge is -2.10. The molecule has 23 heavy (non-hydrogen) atoms. The Morgan fingerprint density at radius 3 is 2.65 bits per heavy atom. The van der Waals surface area contributed by atoms with Crippen LogP contribution in [0.5, 0.6) is 5.75 Å². The largest absolute Gasteiger partial charge is 0.493 e. The molecule has 0 amide bonds. The van der Waals surface area contributed by atoms with Crippen molar-refractivity contribution in [3.05, 3.63) is 48.4 Å². The monoisotopic (exact) mass is 311 g/mol. The van der Waals surface area contributed by atoms with Crippen molar-refractivity contribution in [1.29, 1.82) is 0 Å². The van der Waals surface area contributed by atoms with E-state index in [4.69, 9.17) is 9.15 Å². The van der Waals surface area contributed by atoms with E-state index in [1.807, 2.05) is 24.3 Å². The Morgan fingerprint density at radius 1 is 1.26 bits per heavy atom. The van der Waals surface area contributed by atoms with Crippen molar-refractivity contribution in [2.45, 2.75) is 13.8 Å². The highest BCUT2D eigenvalue weighted by Gasteiger charge is 2.18. The van der Waals surface area contributed by atoms with Crippen LogP contribution in [0.3, 0.4) is 0 Å². The highest BCUT2D eigenvalue weighted by Crippen LogP contribution is 2.25. The molecule has 0 aliphatic heterocycles. The van der Waals surface area contributed by atoms with E-state index < -0.39 is 0 Å². The number of aldehydes is 1. The molecule has 0 spiro atoms. The van der Waals surface area contributed by atoms with Crippen molar-refractivity contribution < 1.29 is 13.9 Å². The zero-order valence-corrected chi connectivity index (χ0v) is 13.0. The molecule has 0 unspecified atom stereocenters. The molecule has 0 fully saturated rings. The minimum absolute atomic E-state index is 0.236. The van der Waals surface area contributed by atoms with Gasteiger partial charge in [-0.15, -0.1) is 5.10 Å². The summed E-state index contributed by atoms with van der Waals surface area (Å²) in [5, 5.41) is 7.95. The predicted molar refractivity (Wildman–Crippen MR) is 84.8 cm³/mol. The molecule has 3 aromatic rings. The predicted octanol–water partition coefficient (Wildman–Crippen LogP) is 3.37. The topological polar surface area (TPSA) is 70.2 Å². The lowest BCUT2D eigenvalue weighted by molar-refractivity contribution is 0.111. The third-order valence-corrected chi connectivity index (χ3v) is 3.23. The van der Waals surface area contributed by atoms with Gasteiger partial charge in [0.05, 0.1) is 18.6 Å². The molecule has 3 rings (SSSR count). The molecule has 2 heterocycles. The quantitative estimate of drug-likeness (QED) is 0.653. The molecule has 0 aliphatic rings. The van der Waals surface area contributed by atoms with Gasteiger partial charge in [0, 0.05) is 0 Å². The Balaban J connectivity index is 1.93. The molecule has 6 nitrogen and oxygen atoms in total. The Morgan fingerprint density at radius 2 is 2.04 bits per heavy atom. The van der Waals surface area contributed by atoms with Gasteiger partial charge in [-0.05, 0) is 42.3 Å². The van der Waals surface area contributed by atoms with E-state index in [-0.39, 0.29) is 5.69 Å². The lowest BCUT2D eigenvalue weighted by atomic mass is 10.2. The van der Waals surface area contributed by atoms with Crippen LogP contribution in [-0.4, -0.2) is 27.9 Å². The molecule has 0 aliphatic carbocycles. The molecule has 6 heteroatoms. The molecule has 118 valence electrons. The highest BCUT2D eigenvalue weighted by molar-refractivity contribution is 5.82. The summed E-state index contributed by atoms with van der Waals surface area (Å²) >= 11 is 0. The van der Waals surface area contributed by atoms with Crippen LogP contribution in [0.1, 0.15) is 24.3 Å². The van der Waals surface area contributed by atoms with E-state index in [9.17, 15) is 4.79 Å². The van der Waals surface area contributed by atoms with E-state index in [2.05, 4.69) is 24.2 Å². The van der Waals surface area contributed by atoms with Crippen LogP contribution >= 0.6 is 0 Å². The third-order valence-electron chi connectivity index (χ3n) is 3.23. The number of furan rings is 1. The van der Waals surface area contributed by atoms with Crippen LogP contribution in [0.4, 0.5) is 0 Å². The van der Waals surface area contributed by atoms with Crippen LogP contribution in [0.2, 0.25) is 0 Å². The van der Waals surface area contributed by atoms with Gasteiger partial charge in [-0.2, -0.15) is 0 Å². The Kier molecular flexibility index (Phi) is 4.23. The molecule has 0 atom stereocenters. The van der Waals surface area contributed by atoms with Gasteiger partial charge < -0.3 is 9.15 Å². The molecule has 0 saturated carbocycles. The van der Waals surface area contributed by atoms with Gasteiger partial charge >= 0.3 is 0 Å². The molecule has 0 N–H and O–H groups in total. The smallest absolute Gasteiger partial charge is 0.172 e. The summed E-state index contributed by atoms with van der Waals surface area (Å²) in [6, 6.07) is 11.0. The van der Waals surface area contributed by atoms with Gasteiger partial charge in [-0.3, -0.25) is 4.79 Å². The molecular weight excluding hydrogens is 294 g/mol. The van der Waals surface area contributed by atoms with Gasteiger partial charge in [0.15, 0.2) is 17.7 Å². The summed E-state index contributed by atoms with van der Waals surface area (Å²) in [4.78, 5) is 11.2. The van der Waals surface area contributed by atoms with Gasteiger partial charge in [0.1, 0.15) is 11.4 Å². The maximum atomic E-state index is 11.2. The Hall–Kier alpha value is -2.89. The minimum Gasteiger partial charge on any atom is -0.493 e. The lowest BCUT2D eigenvalue weighted by Crippen LogP contribution is -2.05. The zero-order chi connectivity index (χ0) is 16.2. The second-order valence-electron chi connectivity index (χ2n) is 5.53. The van der Waals surface area contributed by atoms with Crippen molar-refractivity contribution in [3.63, 3.8) is 0 Å². The zero-order valence-electron chi connectivity index (χ0n) is 13.0. The van der Waals surface area contributed by atoms with E-state index >= 15 is 0 Å². The van der Waals surface area contributed by atoms with Crippen LogP contribution in [0.15, 0.2) is 47.1 Å². The van der Waals surface area contributed by atoms with E-state index in [1.54, 1.807) is 23.1 Å². The second-order valence-corrected chi connectivity index (χ2v) is 5.53. The first-order valence-corrected chi connectivity index (χ1v) is 7.37. The van der Waals surface area contributed by atoms with Crippen molar-refractivity contribution in [1.82, 2.24) is 15.0 Å².